The third kappa shape index (κ3) is 8.94. The van der Waals surface area contributed by atoms with Crippen LogP contribution in [0.5, 0.6) is 5.75 Å². The molecule has 0 spiro atoms. The molecule has 0 saturated carbocycles. The molecule has 0 bridgehead atoms. The van der Waals surface area contributed by atoms with Crippen molar-refractivity contribution in [3.8, 4) is 28.3 Å². The first kappa shape index (κ1) is 33.1. The van der Waals surface area contributed by atoms with Crippen molar-refractivity contribution in [2.45, 2.75) is 64.3 Å². The molecule has 0 unspecified atom stereocenters. The van der Waals surface area contributed by atoms with E-state index in [0.29, 0.717) is 25.2 Å². The van der Waals surface area contributed by atoms with E-state index in [4.69, 9.17) is 14.2 Å². The molecule has 10 nitrogen and oxygen atoms in total. The van der Waals surface area contributed by atoms with E-state index >= 15 is 0 Å². The zero-order valence-electron chi connectivity index (χ0n) is 27.1. The van der Waals surface area contributed by atoms with E-state index in [-0.39, 0.29) is 18.9 Å². The second-order valence-electron chi connectivity index (χ2n) is 12.4. The molecule has 4 aromatic rings. The Morgan fingerprint density at radius 1 is 0.872 bits per heavy atom. The van der Waals surface area contributed by atoms with E-state index in [1.165, 1.54) is 4.90 Å². The average Bonchev–Trinajstić information content (AvgIpc) is 3.58. The van der Waals surface area contributed by atoms with Crippen molar-refractivity contribution in [3.63, 3.8) is 0 Å². The van der Waals surface area contributed by atoms with Crippen molar-refractivity contribution in [1.29, 1.82) is 0 Å². The summed E-state index contributed by atoms with van der Waals surface area (Å²) in [5.74, 6) is 0.520. The number of hydrogen-bond donors (Lipinski definition) is 1. The monoisotopic (exact) mass is 636 g/mol. The molecule has 2 amide bonds. The molecule has 1 aromatic heterocycles. The number of aromatic nitrogens is 2. The van der Waals surface area contributed by atoms with E-state index in [2.05, 4.69) is 15.3 Å². The number of methoxy groups -OCH3 is 1. The number of nitrogens with zero attached hydrogens (tertiary/aromatic N) is 3. The molecule has 1 aliphatic heterocycles. The van der Waals surface area contributed by atoms with Gasteiger partial charge < -0.3 is 24.4 Å². The van der Waals surface area contributed by atoms with Gasteiger partial charge in [-0.15, -0.1) is 0 Å². The number of alkyl carbamates (subject to hydrolysis) is 1. The summed E-state index contributed by atoms with van der Waals surface area (Å²) in [6, 6.07) is 22.8. The summed E-state index contributed by atoms with van der Waals surface area (Å²) < 4.78 is 16.3. The van der Waals surface area contributed by atoms with E-state index in [0.717, 1.165) is 33.6 Å². The van der Waals surface area contributed by atoms with Crippen LogP contribution >= 0.6 is 0 Å². The second-order valence-corrected chi connectivity index (χ2v) is 12.4. The lowest BCUT2D eigenvalue weighted by Gasteiger charge is -2.30. The van der Waals surface area contributed by atoms with Crippen LogP contribution in [0.2, 0.25) is 0 Å². The Morgan fingerprint density at radius 2 is 1.53 bits per heavy atom. The van der Waals surface area contributed by atoms with Gasteiger partial charge in [0.15, 0.2) is 5.82 Å². The molecule has 5 rings (SSSR count). The Hall–Kier alpha value is -5.25. The van der Waals surface area contributed by atoms with Gasteiger partial charge in [-0.05, 0) is 62.4 Å². The molecular formula is C37H40N4O6. The van der Waals surface area contributed by atoms with Crippen LogP contribution in [0.15, 0.2) is 91.3 Å². The molecule has 244 valence electrons. The fourth-order valence-corrected chi connectivity index (χ4v) is 5.39. The van der Waals surface area contributed by atoms with E-state index < -0.39 is 29.7 Å². The Morgan fingerprint density at radius 3 is 2.17 bits per heavy atom. The maximum Gasteiger partial charge on any atom is 0.408 e. The number of carbonyl (C=O) groups excluding carboxylic acids is 3. The molecule has 47 heavy (non-hydrogen) atoms. The summed E-state index contributed by atoms with van der Waals surface area (Å²) in [6.45, 7) is 5.84. The fourth-order valence-electron chi connectivity index (χ4n) is 5.39. The van der Waals surface area contributed by atoms with Crippen molar-refractivity contribution in [1.82, 2.24) is 20.2 Å². The summed E-state index contributed by atoms with van der Waals surface area (Å²) in [6.07, 6.45) is 4.17. The largest absolute Gasteiger partial charge is 0.497 e. The Labute approximate surface area is 275 Å². The molecule has 0 radical (unpaired) electrons. The minimum absolute atomic E-state index is 0.0593. The number of nitrogens with one attached hydrogen (secondary N) is 1. The number of hydrogen-bond acceptors (Lipinski definition) is 8. The second kappa shape index (κ2) is 14.9. The maximum atomic E-state index is 13.9. The van der Waals surface area contributed by atoms with E-state index in [1.54, 1.807) is 40.3 Å². The molecule has 10 heteroatoms. The molecule has 2 atom stereocenters. The highest BCUT2D eigenvalue weighted by atomic mass is 16.6. The Kier molecular flexibility index (Phi) is 10.5. The van der Waals surface area contributed by atoms with Crippen molar-refractivity contribution in [2.24, 2.45) is 0 Å². The quantitative estimate of drug-likeness (QED) is 0.211. The first-order valence-electron chi connectivity index (χ1n) is 15.7. The van der Waals surface area contributed by atoms with Crippen LogP contribution in [-0.4, -0.2) is 64.2 Å². The highest BCUT2D eigenvalue weighted by Crippen LogP contribution is 2.25. The number of ether oxygens (including phenoxy) is 3. The molecule has 1 saturated heterocycles. The van der Waals surface area contributed by atoms with Crippen LogP contribution in [0.3, 0.4) is 0 Å². The fraction of sp³-hybridized carbons (Fsp3) is 0.324. The highest BCUT2D eigenvalue weighted by molar-refractivity contribution is 5.90. The van der Waals surface area contributed by atoms with Crippen molar-refractivity contribution >= 4 is 18.0 Å². The van der Waals surface area contributed by atoms with Gasteiger partial charge in [-0.25, -0.2) is 19.6 Å². The normalized spacial score (nSPS) is 15.1. The van der Waals surface area contributed by atoms with Crippen LogP contribution in [0.25, 0.3) is 22.5 Å². The van der Waals surface area contributed by atoms with Crippen molar-refractivity contribution < 1.29 is 28.6 Å². The topological polar surface area (TPSA) is 120 Å². The molecular weight excluding hydrogens is 596 g/mol. The zero-order valence-corrected chi connectivity index (χ0v) is 27.1. The van der Waals surface area contributed by atoms with Crippen LogP contribution in [0, 0.1) is 0 Å². The number of amides is 2. The summed E-state index contributed by atoms with van der Waals surface area (Å²) in [4.78, 5) is 50.5. The van der Waals surface area contributed by atoms with Crippen molar-refractivity contribution in [2.75, 3.05) is 13.7 Å². The van der Waals surface area contributed by atoms with Gasteiger partial charge in [-0.3, -0.25) is 4.79 Å². The molecule has 1 N–H and O–H groups in total. The lowest BCUT2D eigenvalue weighted by atomic mass is 10.0. The zero-order chi connectivity index (χ0) is 33.4. The Balaban J connectivity index is 1.30. The molecule has 1 aliphatic rings. The SMILES string of the molecule is COc1ccc(-c2cnc(-c3ccc(C[C@H](NC(=O)OCc4ccccc4)C(=O)N4CCC[C@H]4C(=O)OC(C)(C)C)cc3)nc2)cc1. The number of likely N-dealkylation sites (tertiary alicyclic amines) is 1. The number of rotatable bonds is 10. The van der Waals surface area contributed by atoms with E-state index in [1.807, 2.05) is 78.9 Å². The van der Waals surface area contributed by atoms with Gasteiger partial charge in [0.1, 0.15) is 30.0 Å². The predicted molar refractivity (Wildman–Crippen MR) is 177 cm³/mol. The summed E-state index contributed by atoms with van der Waals surface area (Å²) >= 11 is 0. The maximum absolute atomic E-state index is 13.9. The number of benzene rings is 3. The molecule has 2 heterocycles. The minimum Gasteiger partial charge on any atom is -0.497 e. The summed E-state index contributed by atoms with van der Waals surface area (Å²) in [7, 11) is 1.63. The van der Waals surface area contributed by atoms with Gasteiger partial charge in [-0.2, -0.15) is 0 Å². The summed E-state index contributed by atoms with van der Waals surface area (Å²) in [5, 5.41) is 2.76. The molecule has 3 aromatic carbocycles. The minimum atomic E-state index is -0.966. The van der Waals surface area contributed by atoms with Gasteiger partial charge in [0.2, 0.25) is 5.91 Å². The van der Waals surface area contributed by atoms with Gasteiger partial charge >= 0.3 is 12.1 Å². The highest BCUT2D eigenvalue weighted by Gasteiger charge is 2.40. The summed E-state index contributed by atoms with van der Waals surface area (Å²) in [5.41, 5.74) is 3.60. The Bertz CT molecular complexity index is 1650. The lowest BCUT2D eigenvalue weighted by molar-refractivity contribution is -0.163. The number of esters is 1. The van der Waals surface area contributed by atoms with E-state index in [9.17, 15) is 14.4 Å². The van der Waals surface area contributed by atoms with Crippen molar-refractivity contribution in [3.05, 3.63) is 102 Å². The predicted octanol–water partition coefficient (Wildman–Crippen LogP) is 5.99. The third-order valence-corrected chi connectivity index (χ3v) is 7.74. The van der Waals surface area contributed by atoms with Gasteiger partial charge in [-0.1, -0.05) is 66.7 Å². The van der Waals surface area contributed by atoms with Crippen LogP contribution < -0.4 is 10.1 Å². The smallest absolute Gasteiger partial charge is 0.408 e. The molecule has 0 aliphatic carbocycles. The number of carbonyl (C=O) groups is 3. The third-order valence-electron chi connectivity index (χ3n) is 7.74. The average molecular weight is 637 g/mol. The standard InChI is InChI=1S/C37H40N4O6/c1-37(2,3)47-35(43)32-11-8-20-41(32)34(42)31(40-36(44)46-24-26-9-6-5-7-10-26)21-25-12-14-28(15-13-25)33-38-22-29(23-39-33)27-16-18-30(45-4)19-17-27/h5-7,9-10,12-19,22-23,31-32H,8,11,20-21,24H2,1-4H3,(H,40,44)/t31-,32-/m0/s1. The van der Waals surface area contributed by atoms with Gasteiger partial charge in [0, 0.05) is 36.5 Å². The van der Waals surface area contributed by atoms with Crippen LogP contribution in [-0.2, 0) is 32.1 Å². The lowest BCUT2D eigenvalue weighted by Crippen LogP contribution is -2.53. The van der Waals surface area contributed by atoms with Gasteiger partial charge in [0.05, 0.1) is 7.11 Å². The van der Waals surface area contributed by atoms with Crippen LogP contribution in [0.1, 0.15) is 44.7 Å². The molecule has 1 fully saturated rings. The van der Waals surface area contributed by atoms with Crippen LogP contribution in [0.4, 0.5) is 4.79 Å². The van der Waals surface area contributed by atoms with Gasteiger partial charge in [0.25, 0.3) is 0 Å². The first-order chi connectivity index (χ1) is 22.6. The first-order valence-corrected chi connectivity index (χ1v) is 15.7.